The van der Waals surface area contributed by atoms with E-state index in [9.17, 15) is 19.2 Å². The second-order valence-electron chi connectivity index (χ2n) is 17.2. The Hall–Kier alpha value is -4.02. The van der Waals surface area contributed by atoms with E-state index in [0.717, 1.165) is 142 Å². The van der Waals surface area contributed by atoms with Crippen LogP contribution in [0.3, 0.4) is 0 Å². The van der Waals surface area contributed by atoms with Gasteiger partial charge in [0.15, 0.2) is 0 Å². The van der Waals surface area contributed by atoms with E-state index in [4.69, 9.17) is 18.9 Å². The minimum Gasteiger partial charge on any atom is -0.457 e. The van der Waals surface area contributed by atoms with Crippen molar-refractivity contribution in [2.45, 2.75) is 193 Å². The van der Waals surface area contributed by atoms with Crippen molar-refractivity contribution in [2.24, 2.45) is 0 Å². The van der Waals surface area contributed by atoms with Crippen LogP contribution < -0.4 is 0 Å². The molecular formula is C52H68O8S2. The van der Waals surface area contributed by atoms with E-state index in [1.165, 1.54) is 0 Å². The van der Waals surface area contributed by atoms with Crippen molar-refractivity contribution in [1.82, 2.24) is 0 Å². The molecule has 0 saturated carbocycles. The first kappa shape index (κ1) is 47.5. The van der Waals surface area contributed by atoms with Gasteiger partial charge in [-0.1, -0.05) is 116 Å². The summed E-state index contributed by atoms with van der Waals surface area (Å²) in [4.78, 5) is 54.0. The molecule has 0 spiro atoms. The Morgan fingerprint density at radius 1 is 0.419 bits per heavy atom. The van der Waals surface area contributed by atoms with Gasteiger partial charge >= 0.3 is 23.9 Å². The summed E-state index contributed by atoms with van der Waals surface area (Å²) in [6.07, 6.45) is 16.5. The number of thiophene rings is 2. The lowest BCUT2D eigenvalue weighted by Crippen LogP contribution is -2.22. The molecule has 4 aromatic rings. The number of ether oxygens (including phenoxy) is 4. The fourth-order valence-electron chi connectivity index (χ4n) is 8.74. The van der Waals surface area contributed by atoms with Crippen LogP contribution in [-0.2, 0) is 38.1 Å². The zero-order valence-corrected chi connectivity index (χ0v) is 39.2. The molecule has 0 aliphatic heterocycles. The summed E-state index contributed by atoms with van der Waals surface area (Å²) in [7, 11) is 0. The number of hydrogen-bond acceptors (Lipinski definition) is 10. The zero-order chi connectivity index (χ0) is 43.8. The minimum atomic E-state index is -0.386. The smallest absolute Gasteiger partial charge is 0.306 e. The van der Waals surface area contributed by atoms with Gasteiger partial charge in [-0.2, -0.15) is 0 Å². The van der Waals surface area contributed by atoms with E-state index < -0.39 is 0 Å². The van der Waals surface area contributed by atoms with Gasteiger partial charge in [-0.3, -0.25) is 19.2 Å². The van der Waals surface area contributed by atoms with Crippen molar-refractivity contribution in [3.05, 3.63) is 70.8 Å². The fraction of sp³-hybridized carbons (Fsp3) is 0.577. The Kier molecular flexibility index (Phi) is 18.5. The molecule has 10 heteroatoms. The number of carbonyl (C=O) groups is 4. The predicted octanol–water partition coefficient (Wildman–Crippen LogP) is 15.3. The topological polar surface area (TPSA) is 105 Å². The highest BCUT2D eigenvalue weighted by atomic mass is 32.1. The molecule has 0 saturated heterocycles. The van der Waals surface area contributed by atoms with E-state index in [-0.39, 0.29) is 48.3 Å². The van der Waals surface area contributed by atoms with Crippen molar-refractivity contribution < 1.29 is 38.1 Å². The fourth-order valence-corrected chi connectivity index (χ4v) is 11.1. The van der Waals surface area contributed by atoms with Crippen LogP contribution in [0.2, 0.25) is 0 Å². The summed E-state index contributed by atoms with van der Waals surface area (Å²) in [5, 5.41) is 0. The van der Waals surface area contributed by atoms with E-state index in [1.54, 1.807) is 22.7 Å². The minimum absolute atomic E-state index is 0.167. The van der Waals surface area contributed by atoms with Gasteiger partial charge in [-0.15, -0.1) is 22.7 Å². The molecule has 2 aromatic carbocycles. The van der Waals surface area contributed by atoms with Crippen LogP contribution >= 0.6 is 22.7 Å². The maximum absolute atomic E-state index is 13.0. The summed E-state index contributed by atoms with van der Waals surface area (Å²) >= 11 is 3.45. The van der Waals surface area contributed by atoms with E-state index in [1.807, 2.05) is 0 Å². The molecule has 2 heterocycles. The van der Waals surface area contributed by atoms with Crippen LogP contribution in [0.5, 0.6) is 0 Å². The van der Waals surface area contributed by atoms with Crippen LogP contribution in [0, 0.1) is 0 Å². The first-order chi connectivity index (χ1) is 30.2. The average Bonchev–Trinajstić information content (AvgIpc) is 3.86. The van der Waals surface area contributed by atoms with Gasteiger partial charge < -0.3 is 18.9 Å². The summed E-state index contributed by atoms with van der Waals surface area (Å²) in [5.74, 6) is -0.689. The largest absolute Gasteiger partial charge is 0.457 e. The van der Waals surface area contributed by atoms with Crippen molar-refractivity contribution in [1.29, 1.82) is 0 Å². The number of unbranched alkanes of at least 4 members (excludes halogenated alkanes) is 10. The second-order valence-corrected chi connectivity index (χ2v) is 19.4. The number of hydrogen-bond donors (Lipinski definition) is 0. The Morgan fingerprint density at radius 3 is 1.06 bits per heavy atom. The van der Waals surface area contributed by atoms with Crippen molar-refractivity contribution >= 4 is 56.0 Å². The standard InChI is InChI=1S/C52H68O8S2/c1-5-9-13-17-21-51(55)57-41-27-29-43(59-49(53)19-15-11-7-3)39-31-35(23-25-37(39)41)45-33-47-48(61-45)34-46(62-47)36-24-26-38-40(32-36)44(60-50(54)20-16-12-8-4)30-28-42(38)58-52(56)22-18-14-10-6-2/h23-26,31-34,41-44H,5-22,27-30H2,1-4H3. The molecule has 0 bridgehead atoms. The van der Waals surface area contributed by atoms with Crippen LogP contribution in [-0.4, -0.2) is 23.9 Å². The molecule has 2 aromatic heterocycles. The molecule has 2 aliphatic rings. The third-order valence-electron chi connectivity index (χ3n) is 12.3. The van der Waals surface area contributed by atoms with Crippen molar-refractivity contribution in [2.75, 3.05) is 0 Å². The first-order valence-electron chi connectivity index (χ1n) is 23.8. The number of rotatable bonds is 24. The highest BCUT2D eigenvalue weighted by molar-refractivity contribution is 7.31. The van der Waals surface area contributed by atoms with Gasteiger partial charge in [0.2, 0.25) is 0 Å². The third-order valence-corrected chi connectivity index (χ3v) is 14.6. The Labute approximate surface area is 377 Å². The maximum atomic E-state index is 13.0. The van der Waals surface area contributed by atoms with E-state index in [2.05, 4.69) is 76.2 Å². The lowest BCUT2D eigenvalue weighted by molar-refractivity contribution is -0.156. The van der Waals surface area contributed by atoms with Crippen molar-refractivity contribution in [3.63, 3.8) is 0 Å². The number of fused-ring (bicyclic) bond motifs is 3. The number of esters is 4. The molecule has 0 fully saturated rings. The summed E-state index contributed by atoms with van der Waals surface area (Å²) in [6, 6.07) is 17.1. The lowest BCUT2D eigenvalue weighted by atomic mass is 9.85. The van der Waals surface area contributed by atoms with Crippen LogP contribution in [0.1, 0.15) is 216 Å². The van der Waals surface area contributed by atoms with Gasteiger partial charge in [0, 0.05) is 44.8 Å². The molecule has 6 rings (SSSR count). The molecule has 336 valence electrons. The SMILES string of the molecule is CCCCCCC(=O)OC1CCC(OC(=O)CCCCC)c2cc(-c3cc4sc(-c5ccc6c(c5)C(OC(=O)CCCCC)CCC6OC(=O)CCCCCC)cc4s3)ccc21. The Balaban J connectivity index is 1.23. The highest BCUT2D eigenvalue weighted by Crippen LogP contribution is 2.47. The van der Waals surface area contributed by atoms with E-state index in [0.29, 0.717) is 51.4 Å². The van der Waals surface area contributed by atoms with Gasteiger partial charge in [-0.25, -0.2) is 0 Å². The molecule has 2 aliphatic carbocycles. The maximum Gasteiger partial charge on any atom is 0.306 e. The third kappa shape index (κ3) is 13.0. The molecule has 4 atom stereocenters. The molecule has 0 amide bonds. The first-order valence-corrected chi connectivity index (χ1v) is 25.4. The van der Waals surface area contributed by atoms with Gasteiger partial charge in [0.1, 0.15) is 24.4 Å². The Bertz CT molecular complexity index is 1920. The van der Waals surface area contributed by atoms with Gasteiger partial charge in [0.05, 0.1) is 0 Å². The normalized spacial score (nSPS) is 18.2. The molecular weight excluding hydrogens is 817 g/mol. The molecule has 0 radical (unpaired) electrons. The average molecular weight is 885 g/mol. The highest BCUT2D eigenvalue weighted by Gasteiger charge is 2.34. The summed E-state index contributed by atoms with van der Waals surface area (Å²) in [6.45, 7) is 8.56. The molecule has 62 heavy (non-hydrogen) atoms. The van der Waals surface area contributed by atoms with Crippen LogP contribution in [0.25, 0.3) is 30.3 Å². The number of carbonyl (C=O) groups excluding carboxylic acids is 4. The second kappa shape index (κ2) is 24.2. The van der Waals surface area contributed by atoms with Crippen LogP contribution in [0.4, 0.5) is 0 Å². The van der Waals surface area contributed by atoms with Crippen LogP contribution in [0.15, 0.2) is 48.5 Å². The molecule has 4 unspecified atom stereocenters. The van der Waals surface area contributed by atoms with Gasteiger partial charge in [-0.05, 0) is 109 Å². The predicted molar refractivity (Wildman–Crippen MR) is 250 cm³/mol. The van der Waals surface area contributed by atoms with Gasteiger partial charge in [0.25, 0.3) is 0 Å². The Morgan fingerprint density at radius 2 is 0.726 bits per heavy atom. The van der Waals surface area contributed by atoms with E-state index >= 15 is 0 Å². The van der Waals surface area contributed by atoms with Crippen molar-refractivity contribution in [3.8, 4) is 20.9 Å². The monoisotopic (exact) mass is 884 g/mol. The molecule has 0 N–H and O–H groups in total. The zero-order valence-electron chi connectivity index (χ0n) is 37.6. The molecule has 8 nitrogen and oxygen atoms in total. The summed E-state index contributed by atoms with van der Waals surface area (Å²) in [5.41, 5.74) is 5.79. The number of benzene rings is 2. The quantitative estimate of drug-likeness (QED) is 0.0389. The lowest BCUT2D eigenvalue weighted by Gasteiger charge is -2.31. The summed E-state index contributed by atoms with van der Waals surface area (Å²) < 4.78 is 26.7.